The Morgan fingerprint density at radius 2 is 2.37 bits per heavy atom. The van der Waals surface area contributed by atoms with Crippen LogP contribution < -0.4 is 5.32 Å². The third-order valence-electron chi connectivity index (χ3n) is 2.37. The van der Waals surface area contributed by atoms with Gasteiger partial charge in [0.2, 0.25) is 0 Å². The molecule has 0 aliphatic rings. The molecule has 0 aliphatic heterocycles. The largest absolute Gasteiger partial charge is 0.478 e. The summed E-state index contributed by atoms with van der Waals surface area (Å²) >= 11 is 1.65. The summed E-state index contributed by atoms with van der Waals surface area (Å²) in [6.45, 7) is 2.76. The lowest BCUT2D eigenvalue weighted by atomic mass is 10.1. The number of aromatic carboxylic acids is 1. The monoisotopic (exact) mass is 278 g/mol. The molecule has 102 valence electrons. The fourth-order valence-corrected chi connectivity index (χ4v) is 2.08. The van der Waals surface area contributed by atoms with Gasteiger partial charge in [0, 0.05) is 18.0 Å². The number of aromatic nitrogens is 1. The van der Waals surface area contributed by atoms with Gasteiger partial charge in [-0.2, -0.15) is 0 Å². The van der Waals surface area contributed by atoms with Crippen LogP contribution in [0.15, 0.2) is 12.1 Å². The van der Waals surface area contributed by atoms with Crippen LogP contribution in [0.2, 0.25) is 0 Å². The van der Waals surface area contributed by atoms with Crippen molar-refractivity contribution in [1.82, 2.24) is 4.98 Å². The van der Waals surface area contributed by atoms with E-state index < -0.39 is 5.97 Å². The quantitative estimate of drug-likeness (QED) is 0.565. The number of nitrogens with zero attached hydrogens (tertiary/aromatic N) is 1. The van der Waals surface area contributed by atoms with E-state index in [1.54, 1.807) is 23.9 Å². The summed E-state index contributed by atoms with van der Waals surface area (Å²) in [6, 6.07) is 3.19. The third-order valence-corrected chi connectivity index (χ3v) is 3.23. The van der Waals surface area contributed by atoms with Gasteiger partial charge in [0.15, 0.2) is 0 Å². The minimum absolute atomic E-state index is 0.275. The molecule has 5 heteroatoms. The Bertz CT molecular complexity index is 469. The fraction of sp³-hybridized carbons (Fsp3) is 0.429. The van der Waals surface area contributed by atoms with Crippen LogP contribution in [0.25, 0.3) is 0 Å². The maximum Gasteiger partial charge on any atom is 0.335 e. The zero-order chi connectivity index (χ0) is 14.1. The van der Waals surface area contributed by atoms with Gasteiger partial charge in [-0.1, -0.05) is 19.3 Å². The van der Waals surface area contributed by atoms with Gasteiger partial charge in [-0.25, -0.2) is 9.78 Å². The molecule has 0 radical (unpaired) electrons. The number of carboxylic acids is 1. The van der Waals surface area contributed by atoms with Crippen LogP contribution in [0.4, 0.5) is 5.82 Å². The molecule has 19 heavy (non-hydrogen) atoms. The summed E-state index contributed by atoms with van der Waals surface area (Å²) < 4.78 is 0. The first kappa shape index (κ1) is 15.4. The Kier molecular flexibility index (Phi) is 6.83. The molecule has 0 amide bonds. The molecule has 1 heterocycles. The first-order valence-electron chi connectivity index (χ1n) is 6.16. The van der Waals surface area contributed by atoms with Crippen molar-refractivity contribution in [3.63, 3.8) is 0 Å². The topological polar surface area (TPSA) is 62.2 Å². The fourth-order valence-electron chi connectivity index (χ4n) is 1.57. The van der Waals surface area contributed by atoms with Gasteiger partial charge in [0.25, 0.3) is 0 Å². The number of pyridine rings is 1. The summed E-state index contributed by atoms with van der Waals surface area (Å²) in [5, 5.41) is 12.2. The highest BCUT2D eigenvalue weighted by atomic mass is 32.2. The first-order chi connectivity index (χ1) is 9.17. The van der Waals surface area contributed by atoms with Crippen LogP contribution in [0.5, 0.6) is 0 Å². The minimum Gasteiger partial charge on any atom is -0.478 e. The Hall–Kier alpha value is -1.67. The third kappa shape index (κ3) is 5.66. The molecule has 2 N–H and O–H groups in total. The second-order valence-electron chi connectivity index (χ2n) is 3.97. The number of aryl methyl sites for hydroxylation is 1. The molecule has 0 bridgehead atoms. The molecule has 0 spiro atoms. The average molecular weight is 278 g/mol. The predicted octanol–water partition coefficient (Wildman–Crippen LogP) is 2.51. The summed E-state index contributed by atoms with van der Waals surface area (Å²) in [6.07, 6.45) is 6.88. The zero-order valence-corrected chi connectivity index (χ0v) is 11.8. The number of terminal acetylenes is 1. The predicted molar refractivity (Wildman–Crippen MR) is 79.8 cm³/mol. The Morgan fingerprint density at radius 3 is 3.00 bits per heavy atom. The van der Waals surface area contributed by atoms with Crippen molar-refractivity contribution in [3.8, 4) is 12.3 Å². The van der Waals surface area contributed by atoms with E-state index in [4.69, 9.17) is 11.5 Å². The summed E-state index contributed by atoms with van der Waals surface area (Å²) in [4.78, 5) is 15.4. The Labute approximate surface area is 118 Å². The summed E-state index contributed by atoms with van der Waals surface area (Å²) in [7, 11) is 0. The van der Waals surface area contributed by atoms with E-state index in [0.717, 1.165) is 24.3 Å². The molecule has 1 aromatic heterocycles. The van der Waals surface area contributed by atoms with Crippen molar-refractivity contribution < 1.29 is 9.90 Å². The van der Waals surface area contributed by atoms with Gasteiger partial charge in [-0.15, -0.1) is 18.2 Å². The van der Waals surface area contributed by atoms with Gasteiger partial charge in [-0.3, -0.25) is 0 Å². The van der Waals surface area contributed by atoms with Gasteiger partial charge < -0.3 is 10.4 Å². The zero-order valence-electron chi connectivity index (χ0n) is 11.0. The van der Waals surface area contributed by atoms with Gasteiger partial charge in [0.05, 0.1) is 11.3 Å². The van der Waals surface area contributed by atoms with Crippen molar-refractivity contribution >= 4 is 23.5 Å². The Morgan fingerprint density at radius 1 is 1.58 bits per heavy atom. The highest BCUT2D eigenvalue weighted by molar-refractivity contribution is 7.99. The van der Waals surface area contributed by atoms with Crippen LogP contribution in [-0.4, -0.2) is 34.1 Å². The van der Waals surface area contributed by atoms with Crippen LogP contribution >= 0.6 is 11.8 Å². The average Bonchev–Trinajstić information content (AvgIpc) is 2.38. The van der Waals surface area contributed by atoms with Crippen molar-refractivity contribution in [1.29, 1.82) is 0 Å². The SMILES string of the molecule is C#CCSCCNc1cc(C(=O)O)cc(CCC)n1. The molecule has 0 saturated heterocycles. The van der Waals surface area contributed by atoms with E-state index in [-0.39, 0.29) is 5.56 Å². The summed E-state index contributed by atoms with van der Waals surface area (Å²) in [5.41, 5.74) is 1.08. The number of hydrogen-bond acceptors (Lipinski definition) is 4. The molecule has 0 atom stereocenters. The van der Waals surface area contributed by atoms with Gasteiger partial charge >= 0.3 is 5.97 Å². The number of anilines is 1. The number of thioether (sulfide) groups is 1. The Balaban J connectivity index is 2.65. The molecule has 0 unspecified atom stereocenters. The molecule has 0 aromatic carbocycles. The van der Waals surface area contributed by atoms with Crippen LogP contribution in [0.1, 0.15) is 29.4 Å². The van der Waals surface area contributed by atoms with Crippen LogP contribution in [0.3, 0.4) is 0 Å². The number of rotatable bonds is 8. The minimum atomic E-state index is -0.926. The smallest absolute Gasteiger partial charge is 0.335 e. The molecule has 0 fully saturated rings. The van der Waals surface area contributed by atoms with E-state index in [0.29, 0.717) is 18.1 Å². The van der Waals surface area contributed by atoms with E-state index in [9.17, 15) is 4.79 Å². The molecule has 4 nitrogen and oxygen atoms in total. The van der Waals surface area contributed by atoms with Crippen molar-refractivity contribution in [2.24, 2.45) is 0 Å². The first-order valence-corrected chi connectivity index (χ1v) is 7.32. The maximum atomic E-state index is 11.0. The van der Waals surface area contributed by atoms with Crippen molar-refractivity contribution in [3.05, 3.63) is 23.4 Å². The highest BCUT2D eigenvalue weighted by Crippen LogP contribution is 2.12. The number of carboxylic acid groups (broad SMARTS) is 1. The van der Waals surface area contributed by atoms with Crippen LogP contribution in [-0.2, 0) is 6.42 Å². The van der Waals surface area contributed by atoms with E-state index >= 15 is 0 Å². The van der Waals surface area contributed by atoms with Gasteiger partial charge in [0.1, 0.15) is 5.82 Å². The molecular formula is C14H18N2O2S. The second kappa shape index (κ2) is 8.44. The molecule has 0 saturated carbocycles. The maximum absolute atomic E-state index is 11.0. The molecular weight excluding hydrogens is 260 g/mol. The van der Waals surface area contributed by atoms with Crippen molar-refractivity contribution in [2.75, 3.05) is 23.4 Å². The van der Waals surface area contributed by atoms with E-state index in [2.05, 4.69) is 16.2 Å². The lowest BCUT2D eigenvalue weighted by Crippen LogP contribution is -2.09. The van der Waals surface area contributed by atoms with E-state index in [1.807, 2.05) is 6.92 Å². The summed E-state index contributed by atoms with van der Waals surface area (Å²) in [5.74, 6) is 3.80. The normalized spacial score (nSPS) is 9.89. The standard InChI is InChI=1S/C14H18N2O2S/c1-3-5-12-9-11(14(17)18)10-13(16-12)15-6-8-19-7-4-2/h2,9-10H,3,5-8H2,1H3,(H,15,16)(H,17,18). The number of carbonyl (C=O) groups is 1. The molecule has 1 aromatic rings. The second-order valence-corrected chi connectivity index (χ2v) is 5.08. The lowest BCUT2D eigenvalue weighted by Gasteiger charge is -2.08. The highest BCUT2D eigenvalue weighted by Gasteiger charge is 2.07. The molecule has 1 rings (SSSR count). The lowest BCUT2D eigenvalue weighted by molar-refractivity contribution is 0.0696. The number of hydrogen-bond donors (Lipinski definition) is 2. The molecule has 0 aliphatic carbocycles. The number of nitrogens with one attached hydrogen (secondary N) is 1. The van der Waals surface area contributed by atoms with E-state index in [1.165, 1.54) is 0 Å². The van der Waals surface area contributed by atoms with Crippen molar-refractivity contribution in [2.45, 2.75) is 19.8 Å². The van der Waals surface area contributed by atoms with Gasteiger partial charge in [-0.05, 0) is 18.6 Å². The van der Waals surface area contributed by atoms with Crippen LogP contribution in [0, 0.1) is 12.3 Å².